The van der Waals surface area contributed by atoms with Gasteiger partial charge in [0.25, 0.3) is 5.91 Å². The molecule has 0 aliphatic heterocycles. The van der Waals surface area contributed by atoms with Gasteiger partial charge in [-0.2, -0.15) is 0 Å². The summed E-state index contributed by atoms with van der Waals surface area (Å²) in [6.07, 6.45) is -1.20. The molecule has 7 nitrogen and oxygen atoms in total. The van der Waals surface area contributed by atoms with Crippen molar-refractivity contribution in [2.45, 2.75) is 13.0 Å². The molecule has 0 aliphatic carbocycles. The zero-order valence-corrected chi connectivity index (χ0v) is 9.54. The van der Waals surface area contributed by atoms with Crippen molar-refractivity contribution >= 4 is 17.9 Å². The van der Waals surface area contributed by atoms with Crippen LogP contribution in [0, 0.1) is 0 Å². The molecule has 4 N–H and O–H groups in total. The molecule has 7 heteroatoms. The van der Waals surface area contributed by atoms with Gasteiger partial charge in [-0.1, -0.05) is 12.1 Å². The monoisotopic (exact) mass is 252 g/mol. The fourth-order valence-corrected chi connectivity index (χ4v) is 1.15. The summed E-state index contributed by atoms with van der Waals surface area (Å²) in [5.74, 6) is -1.98. The molecule has 1 atom stereocenters. The lowest BCUT2D eigenvalue weighted by molar-refractivity contribution is -0.127. The molecule has 0 bridgehead atoms. The molecule has 1 rings (SSSR count). The number of imide groups is 1. The molecule has 0 radical (unpaired) electrons. The number of carbonyl (C=O) groups excluding carboxylic acids is 3. The average molecular weight is 252 g/mol. The lowest BCUT2D eigenvalue weighted by Gasteiger charge is -2.12. The minimum absolute atomic E-state index is 0.0729. The van der Waals surface area contributed by atoms with E-state index in [2.05, 4.69) is 0 Å². The second kappa shape index (κ2) is 5.67. The van der Waals surface area contributed by atoms with Gasteiger partial charge < -0.3 is 15.6 Å². The maximum absolute atomic E-state index is 11.6. The molecule has 0 saturated heterocycles. The van der Waals surface area contributed by atoms with E-state index in [0.29, 0.717) is 0 Å². The highest BCUT2D eigenvalue weighted by Crippen LogP contribution is 2.17. The van der Waals surface area contributed by atoms with E-state index >= 15 is 0 Å². The van der Waals surface area contributed by atoms with Gasteiger partial charge in [0, 0.05) is 0 Å². The van der Waals surface area contributed by atoms with Crippen LogP contribution in [-0.4, -0.2) is 29.1 Å². The van der Waals surface area contributed by atoms with Gasteiger partial charge in [-0.25, -0.2) is 9.59 Å². The van der Waals surface area contributed by atoms with Crippen LogP contribution in [0.3, 0.4) is 0 Å². The van der Waals surface area contributed by atoms with E-state index in [1.165, 1.54) is 31.2 Å². The van der Waals surface area contributed by atoms with E-state index in [1.54, 1.807) is 5.32 Å². The van der Waals surface area contributed by atoms with Gasteiger partial charge in [-0.15, -0.1) is 0 Å². The summed E-state index contributed by atoms with van der Waals surface area (Å²) in [6.45, 7) is 1.27. The summed E-state index contributed by atoms with van der Waals surface area (Å²) >= 11 is 0. The van der Waals surface area contributed by atoms with E-state index in [-0.39, 0.29) is 11.3 Å². The number of aromatic hydroxyl groups is 1. The summed E-state index contributed by atoms with van der Waals surface area (Å²) in [4.78, 5) is 33.3. The molecule has 0 fully saturated rings. The standard InChI is InChI=1S/C11H12N2O5/c1-6(9(15)13-11(12)17)18-10(16)7-4-2-3-5-8(7)14/h2-6,14H,1H3,(H3,12,13,15,17)/t6-/m1/s1. The number of phenolic OH excluding ortho intramolecular Hbond substituents is 1. The van der Waals surface area contributed by atoms with Gasteiger partial charge in [0.1, 0.15) is 11.3 Å². The first-order valence-corrected chi connectivity index (χ1v) is 5.01. The second-order valence-electron chi connectivity index (χ2n) is 3.42. The first-order valence-electron chi connectivity index (χ1n) is 5.01. The van der Waals surface area contributed by atoms with Gasteiger partial charge >= 0.3 is 12.0 Å². The number of rotatable bonds is 3. The average Bonchev–Trinajstić information content (AvgIpc) is 2.28. The van der Waals surface area contributed by atoms with Crippen molar-refractivity contribution < 1.29 is 24.2 Å². The number of hydrogen-bond acceptors (Lipinski definition) is 5. The maximum atomic E-state index is 11.6. The fourth-order valence-electron chi connectivity index (χ4n) is 1.15. The predicted molar refractivity (Wildman–Crippen MR) is 60.7 cm³/mol. The number of benzene rings is 1. The van der Waals surface area contributed by atoms with E-state index < -0.39 is 24.0 Å². The summed E-state index contributed by atoms with van der Waals surface area (Å²) in [5.41, 5.74) is 4.67. The van der Waals surface area contributed by atoms with Crippen molar-refractivity contribution in [2.24, 2.45) is 5.73 Å². The van der Waals surface area contributed by atoms with Crippen molar-refractivity contribution in [2.75, 3.05) is 0 Å². The zero-order chi connectivity index (χ0) is 13.7. The molecule has 3 amide bonds. The number of phenols is 1. The quantitative estimate of drug-likeness (QED) is 0.661. The highest BCUT2D eigenvalue weighted by molar-refractivity contribution is 5.98. The maximum Gasteiger partial charge on any atom is 0.342 e. The normalized spacial score (nSPS) is 11.4. The lowest BCUT2D eigenvalue weighted by Crippen LogP contribution is -2.42. The molecule has 18 heavy (non-hydrogen) atoms. The molecule has 96 valence electrons. The van der Waals surface area contributed by atoms with Crippen LogP contribution in [0.1, 0.15) is 17.3 Å². The first kappa shape index (κ1) is 13.5. The summed E-state index contributed by atoms with van der Waals surface area (Å²) in [5, 5.41) is 11.2. The Kier molecular flexibility index (Phi) is 4.25. The van der Waals surface area contributed by atoms with E-state index in [9.17, 15) is 19.5 Å². The second-order valence-corrected chi connectivity index (χ2v) is 3.42. The van der Waals surface area contributed by atoms with Crippen LogP contribution in [0.5, 0.6) is 5.75 Å². The van der Waals surface area contributed by atoms with Crippen molar-refractivity contribution in [3.8, 4) is 5.75 Å². The Labute approximate surface area is 103 Å². The van der Waals surface area contributed by atoms with Gasteiger partial charge in [0.15, 0.2) is 6.10 Å². The number of esters is 1. The first-order chi connectivity index (χ1) is 8.41. The highest BCUT2D eigenvalue weighted by atomic mass is 16.5. The van der Waals surface area contributed by atoms with E-state index in [4.69, 9.17) is 10.5 Å². The van der Waals surface area contributed by atoms with Crippen molar-refractivity contribution in [3.05, 3.63) is 29.8 Å². The van der Waals surface area contributed by atoms with Crippen LogP contribution < -0.4 is 11.1 Å². The summed E-state index contributed by atoms with van der Waals surface area (Å²) < 4.78 is 4.76. The van der Waals surface area contributed by atoms with Crippen molar-refractivity contribution in [1.82, 2.24) is 5.32 Å². The molecular formula is C11H12N2O5. The Bertz CT molecular complexity index is 486. The Morgan fingerprint density at radius 2 is 1.94 bits per heavy atom. The Morgan fingerprint density at radius 3 is 2.50 bits per heavy atom. The summed E-state index contributed by atoms with van der Waals surface area (Å²) in [7, 11) is 0. The van der Waals surface area contributed by atoms with Crippen LogP contribution in [-0.2, 0) is 9.53 Å². The number of urea groups is 1. The molecule has 1 aromatic rings. The van der Waals surface area contributed by atoms with Crippen molar-refractivity contribution in [3.63, 3.8) is 0 Å². The smallest absolute Gasteiger partial charge is 0.342 e. The number of amides is 3. The van der Waals surface area contributed by atoms with Gasteiger partial charge in [0.05, 0.1) is 0 Å². The number of ether oxygens (including phenoxy) is 1. The number of nitrogens with two attached hydrogens (primary N) is 1. The van der Waals surface area contributed by atoms with Gasteiger partial charge in [0.2, 0.25) is 0 Å². The van der Waals surface area contributed by atoms with E-state index in [0.717, 1.165) is 0 Å². The molecule has 0 aromatic heterocycles. The number of carbonyl (C=O) groups is 3. The zero-order valence-electron chi connectivity index (χ0n) is 9.54. The van der Waals surface area contributed by atoms with Crippen molar-refractivity contribution in [1.29, 1.82) is 0 Å². The molecular weight excluding hydrogens is 240 g/mol. The third-order valence-corrected chi connectivity index (χ3v) is 2.02. The van der Waals surface area contributed by atoms with E-state index in [1.807, 2.05) is 0 Å². The Morgan fingerprint density at radius 1 is 1.33 bits per heavy atom. The van der Waals surface area contributed by atoms with Crippen LogP contribution in [0.15, 0.2) is 24.3 Å². The van der Waals surface area contributed by atoms with Crippen LogP contribution in [0.2, 0.25) is 0 Å². The lowest BCUT2D eigenvalue weighted by atomic mass is 10.2. The third kappa shape index (κ3) is 3.48. The molecule has 1 aromatic carbocycles. The third-order valence-electron chi connectivity index (χ3n) is 2.02. The summed E-state index contributed by atoms with van der Waals surface area (Å²) in [6, 6.07) is 4.69. The number of nitrogens with one attached hydrogen (secondary N) is 1. The Hall–Kier alpha value is -2.57. The molecule has 0 spiro atoms. The SMILES string of the molecule is C[C@@H](OC(=O)c1ccccc1O)C(=O)NC(N)=O. The van der Waals surface area contributed by atoms with Crippen LogP contribution >= 0.6 is 0 Å². The number of para-hydroxylation sites is 1. The van der Waals surface area contributed by atoms with Gasteiger partial charge in [-0.3, -0.25) is 10.1 Å². The Balaban J connectivity index is 2.68. The topological polar surface area (TPSA) is 119 Å². The minimum atomic E-state index is -1.20. The van der Waals surface area contributed by atoms with Crippen LogP contribution in [0.25, 0.3) is 0 Å². The van der Waals surface area contributed by atoms with Crippen LogP contribution in [0.4, 0.5) is 4.79 Å². The minimum Gasteiger partial charge on any atom is -0.507 e. The highest BCUT2D eigenvalue weighted by Gasteiger charge is 2.21. The number of hydrogen-bond donors (Lipinski definition) is 3. The molecule has 0 unspecified atom stereocenters. The predicted octanol–water partition coefficient (Wildman–Crippen LogP) is 0.132. The fraction of sp³-hybridized carbons (Fsp3) is 0.182. The number of primary amides is 1. The molecule has 0 heterocycles. The molecule has 0 aliphatic rings. The molecule has 0 saturated carbocycles. The largest absolute Gasteiger partial charge is 0.507 e. The van der Waals surface area contributed by atoms with Gasteiger partial charge in [-0.05, 0) is 19.1 Å².